The third kappa shape index (κ3) is 6.33. The van der Waals surface area contributed by atoms with E-state index in [0.717, 1.165) is 36.5 Å². The highest BCUT2D eigenvalue weighted by Crippen LogP contribution is 2.40. The molecule has 1 N–H and O–H groups in total. The predicted molar refractivity (Wildman–Crippen MR) is 102 cm³/mol. The Morgan fingerprint density at radius 1 is 0.917 bits per heavy atom. The number of aliphatic hydroxyl groups excluding tert-OH is 1. The van der Waals surface area contributed by atoms with Gasteiger partial charge in [-0.3, -0.25) is 0 Å². The summed E-state index contributed by atoms with van der Waals surface area (Å²) >= 11 is 0. The molecule has 0 aromatic carbocycles. The van der Waals surface area contributed by atoms with Gasteiger partial charge < -0.3 is 9.84 Å². The van der Waals surface area contributed by atoms with Crippen LogP contribution in [-0.2, 0) is 4.74 Å². The molecule has 2 fully saturated rings. The largest absolute Gasteiger partial charge is 0.393 e. The van der Waals surface area contributed by atoms with Crippen molar-refractivity contribution in [2.24, 2.45) is 23.7 Å². The molecule has 2 aliphatic rings. The molecule has 0 aromatic rings. The molecule has 2 heteroatoms. The zero-order valence-electron chi connectivity index (χ0n) is 16.9. The maximum absolute atomic E-state index is 9.76. The van der Waals surface area contributed by atoms with Crippen molar-refractivity contribution in [1.29, 1.82) is 0 Å². The van der Waals surface area contributed by atoms with E-state index >= 15 is 0 Å². The number of hydrogen-bond acceptors (Lipinski definition) is 2. The molecular formula is C22H42O2. The van der Waals surface area contributed by atoms with E-state index in [-0.39, 0.29) is 11.7 Å². The van der Waals surface area contributed by atoms with Gasteiger partial charge in [-0.15, -0.1) is 0 Å². The fourth-order valence-electron chi connectivity index (χ4n) is 5.21. The Bertz CT molecular complexity index is 343. The van der Waals surface area contributed by atoms with Gasteiger partial charge in [-0.05, 0) is 102 Å². The molecule has 0 radical (unpaired) electrons. The van der Waals surface area contributed by atoms with Crippen LogP contribution in [-0.4, -0.2) is 22.9 Å². The molecule has 2 atom stereocenters. The van der Waals surface area contributed by atoms with Crippen molar-refractivity contribution < 1.29 is 9.84 Å². The second kappa shape index (κ2) is 9.03. The minimum absolute atomic E-state index is 0.00196. The molecule has 0 amide bonds. The van der Waals surface area contributed by atoms with E-state index in [9.17, 15) is 5.11 Å². The minimum atomic E-state index is -0.0192. The van der Waals surface area contributed by atoms with E-state index in [0.29, 0.717) is 6.10 Å². The molecule has 2 unspecified atom stereocenters. The van der Waals surface area contributed by atoms with Gasteiger partial charge >= 0.3 is 0 Å². The minimum Gasteiger partial charge on any atom is -0.393 e. The van der Waals surface area contributed by atoms with Crippen LogP contribution in [0.25, 0.3) is 0 Å². The molecule has 2 rings (SSSR count). The third-order valence-corrected chi connectivity index (χ3v) is 6.65. The number of aliphatic hydroxyl groups is 1. The van der Waals surface area contributed by atoms with Crippen molar-refractivity contribution in [2.45, 2.75) is 117 Å². The summed E-state index contributed by atoms with van der Waals surface area (Å²) in [5.41, 5.74) is 0.00196. The lowest BCUT2D eigenvalue weighted by molar-refractivity contribution is -0.0812. The predicted octanol–water partition coefficient (Wildman–Crippen LogP) is 5.96. The summed E-state index contributed by atoms with van der Waals surface area (Å²) < 4.78 is 6.19. The highest BCUT2D eigenvalue weighted by atomic mass is 16.5. The molecule has 2 saturated carbocycles. The number of rotatable bonds is 6. The van der Waals surface area contributed by atoms with Crippen LogP contribution in [0.3, 0.4) is 0 Å². The summed E-state index contributed by atoms with van der Waals surface area (Å²) in [4.78, 5) is 0. The van der Waals surface area contributed by atoms with Gasteiger partial charge in [-0.2, -0.15) is 0 Å². The van der Waals surface area contributed by atoms with Crippen molar-refractivity contribution in [3.63, 3.8) is 0 Å². The van der Waals surface area contributed by atoms with Crippen LogP contribution < -0.4 is 0 Å². The Labute approximate surface area is 150 Å². The Morgan fingerprint density at radius 3 is 1.96 bits per heavy atom. The van der Waals surface area contributed by atoms with Crippen molar-refractivity contribution in [1.82, 2.24) is 0 Å². The Hall–Kier alpha value is -0.0800. The zero-order chi connectivity index (χ0) is 17.7. The van der Waals surface area contributed by atoms with Gasteiger partial charge in [0.05, 0.1) is 17.8 Å². The van der Waals surface area contributed by atoms with E-state index in [1.807, 2.05) is 0 Å². The van der Waals surface area contributed by atoms with Crippen molar-refractivity contribution in [2.75, 3.05) is 0 Å². The first-order valence-electron chi connectivity index (χ1n) is 10.6. The lowest BCUT2D eigenvalue weighted by Gasteiger charge is -2.38. The first kappa shape index (κ1) is 20.2. The second-order valence-electron chi connectivity index (χ2n) is 9.72. The fraction of sp³-hybridized carbons (Fsp3) is 1.00. The summed E-state index contributed by atoms with van der Waals surface area (Å²) in [5.74, 6) is 3.47. The van der Waals surface area contributed by atoms with E-state index in [4.69, 9.17) is 4.74 Å². The van der Waals surface area contributed by atoms with Crippen LogP contribution in [0, 0.1) is 23.7 Å². The third-order valence-electron chi connectivity index (χ3n) is 6.65. The Kier molecular flexibility index (Phi) is 7.61. The normalized spacial score (nSPS) is 34.8. The zero-order valence-corrected chi connectivity index (χ0v) is 16.9. The molecule has 0 heterocycles. The maximum Gasteiger partial charge on any atom is 0.0602 e. The lowest BCUT2D eigenvalue weighted by atomic mass is 9.70. The lowest BCUT2D eigenvalue weighted by Crippen LogP contribution is -2.32. The number of hydrogen-bond donors (Lipinski definition) is 1. The van der Waals surface area contributed by atoms with Gasteiger partial charge in [0, 0.05) is 0 Å². The summed E-state index contributed by atoms with van der Waals surface area (Å²) in [6.07, 6.45) is 12.9. The molecule has 0 saturated heterocycles. The molecular weight excluding hydrogens is 296 g/mol. The van der Waals surface area contributed by atoms with Crippen LogP contribution in [0.2, 0.25) is 0 Å². The molecule has 142 valence electrons. The van der Waals surface area contributed by atoms with Crippen LogP contribution in [0.4, 0.5) is 0 Å². The van der Waals surface area contributed by atoms with E-state index in [1.54, 1.807) is 0 Å². The van der Waals surface area contributed by atoms with Crippen LogP contribution in [0.5, 0.6) is 0 Å². The molecule has 0 aliphatic heterocycles. The smallest absolute Gasteiger partial charge is 0.0602 e. The summed E-state index contributed by atoms with van der Waals surface area (Å²) in [6, 6.07) is 0. The maximum atomic E-state index is 9.76. The first-order valence-corrected chi connectivity index (χ1v) is 10.6. The fourth-order valence-corrected chi connectivity index (χ4v) is 5.21. The van der Waals surface area contributed by atoms with Gasteiger partial charge in [-0.25, -0.2) is 0 Å². The van der Waals surface area contributed by atoms with Gasteiger partial charge in [-0.1, -0.05) is 20.3 Å². The SMILES string of the molecule is CCC(CC(C)C1CCC(OC(C)(C)C)CC1)C1CCC(O)CC1. The van der Waals surface area contributed by atoms with Gasteiger partial charge in [0.2, 0.25) is 0 Å². The quantitative estimate of drug-likeness (QED) is 0.647. The highest BCUT2D eigenvalue weighted by Gasteiger charge is 2.31. The van der Waals surface area contributed by atoms with Gasteiger partial charge in [0.15, 0.2) is 0 Å². The van der Waals surface area contributed by atoms with Crippen LogP contribution in [0.15, 0.2) is 0 Å². The first-order chi connectivity index (χ1) is 11.3. The summed E-state index contributed by atoms with van der Waals surface area (Å²) in [5, 5.41) is 9.76. The molecule has 0 aromatic heterocycles. The van der Waals surface area contributed by atoms with E-state index in [2.05, 4.69) is 34.6 Å². The molecule has 2 aliphatic carbocycles. The van der Waals surface area contributed by atoms with Crippen LogP contribution in [0.1, 0.15) is 98.8 Å². The van der Waals surface area contributed by atoms with Crippen LogP contribution >= 0.6 is 0 Å². The summed E-state index contributed by atoms with van der Waals surface area (Å²) in [7, 11) is 0. The van der Waals surface area contributed by atoms with E-state index in [1.165, 1.54) is 51.4 Å². The Morgan fingerprint density at radius 2 is 1.46 bits per heavy atom. The van der Waals surface area contributed by atoms with E-state index < -0.39 is 0 Å². The molecule has 24 heavy (non-hydrogen) atoms. The van der Waals surface area contributed by atoms with Gasteiger partial charge in [0.1, 0.15) is 0 Å². The standard InChI is InChI=1S/C22H42O2/c1-6-17(19-7-11-20(23)12-8-19)15-16(2)18-9-13-21(14-10-18)24-22(3,4)5/h16-21,23H,6-15H2,1-5H3. The average molecular weight is 339 g/mol. The molecule has 2 nitrogen and oxygen atoms in total. The van der Waals surface area contributed by atoms with Crippen molar-refractivity contribution in [3.05, 3.63) is 0 Å². The highest BCUT2D eigenvalue weighted by molar-refractivity contribution is 4.82. The Balaban J connectivity index is 1.76. The van der Waals surface area contributed by atoms with Gasteiger partial charge in [0.25, 0.3) is 0 Å². The topological polar surface area (TPSA) is 29.5 Å². The molecule has 0 bridgehead atoms. The monoisotopic (exact) mass is 338 g/mol. The summed E-state index contributed by atoms with van der Waals surface area (Å²) in [6.45, 7) is 11.4. The molecule has 0 spiro atoms. The second-order valence-corrected chi connectivity index (χ2v) is 9.72. The van der Waals surface area contributed by atoms with Crippen molar-refractivity contribution >= 4 is 0 Å². The van der Waals surface area contributed by atoms with Crippen molar-refractivity contribution in [3.8, 4) is 0 Å². The number of ether oxygens (including phenoxy) is 1. The average Bonchev–Trinajstić information content (AvgIpc) is 2.52.